The Morgan fingerprint density at radius 2 is 1.97 bits per heavy atom. The number of aromatic nitrogens is 2. The van der Waals surface area contributed by atoms with Crippen molar-refractivity contribution in [1.29, 1.82) is 0 Å². The van der Waals surface area contributed by atoms with Gasteiger partial charge in [-0.15, -0.1) is 0 Å². The lowest BCUT2D eigenvalue weighted by molar-refractivity contribution is -0.146. The molecule has 3 rings (SSSR count). The van der Waals surface area contributed by atoms with Crippen LogP contribution in [0, 0.1) is 11.6 Å². The van der Waals surface area contributed by atoms with Crippen LogP contribution < -0.4 is 5.32 Å². The van der Waals surface area contributed by atoms with E-state index in [2.05, 4.69) is 10.3 Å². The van der Waals surface area contributed by atoms with Gasteiger partial charge in [0.25, 0.3) is 0 Å². The summed E-state index contributed by atoms with van der Waals surface area (Å²) in [5, 5.41) is 2.84. The lowest BCUT2D eigenvalue weighted by Crippen LogP contribution is -2.35. The molecule has 1 aromatic heterocycles. The molecule has 0 fully saturated rings. The predicted octanol–water partition coefficient (Wildman–Crippen LogP) is 4.80. The van der Waals surface area contributed by atoms with Crippen molar-refractivity contribution < 1.29 is 27.8 Å². The SMILES string of the molecule is CC(C)OC(=O)Cc1cnc2n1C[C@H](c1cccc(F)c1F)CC[C@H]2NC(=O)OC(C)(C)C. The fourth-order valence-electron chi connectivity index (χ4n) is 3.99. The molecule has 2 aromatic rings. The van der Waals surface area contributed by atoms with E-state index in [1.54, 1.807) is 51.4 Å². The minimum atomic E-state index is -0.910. The average Bonchev–Trinajstić information content (AvgIpc) is 2.96. The summed E-state index contributed by atoms with van der Waals surface area (Å²) in [6.45, 7) is 9.11. The van der Waals surface area contributed by atoms with Gasteiger partial charge >= 0.3 is 12.1 Å². The first-order valence-corrected chi connectivity index (χ1v) is 11.1. The Hall–Kier alpha value is -2.97. The number of esters is 1. The third-order valence-electron chi connectivity index (χ3n) is 5.29. The fourth-order valence-corrected chi connectivity index (χ4v) is 3.99. The molecule has 2 atom stereocenters. The summed E-state index contributed by atoms with van der Waals surface area (Å²) in [4.78, 5) is 29.2. The van der Waals surface area contributed by atoms with E-state index in [-0.39, 0.29) is 30.6 Å². The zero-order valence-electron chi connectivity index (χ0n) is 19.7. The Balaban J connectivity index is 1.94. The van der Waals surface area contributed by atoms with Crippen molar-refractivity contribution in [2.45, 2.75) is 84.1 Å². The van der Waals surface area contributed by atoms with Gasteiger partial charge in [0.15, 0.2) is 11.6 Å². The van der Waals surface area contributed by atoms with Crippen LogP contribution in [-0.4, -0.2) is 33.3 Å². The third kappa shape index (κ3) is 6.30. The molecule has 9 heteroatoms. The zero-order valence-corrected chi connectivity index (χ0v) is 19.7. The van der Waals surface area contributed by atoms with Crippen LogP contribution in [0.1, 0.15) is 76.5 Å². The number of carbonyl (C=O) groups is 2. The van der Waals surface area contributed by atoms with Crippen molar-refractivity contribution in [2.75, 3.05) is 0 Å². The molecular formula is C24H31F2N3O4. The maximum Gasteiger partial charge on any atom is 0.408 e. The first-order valence-electron chi connectivity index (χ1n) is 11.1. The second kappa shape index (κ2) is 9.89. The van der Waals surface area contributed by atoms with Gasteiger partial charge in [-0.25, -0.2) is 18.6 Å². The zero-order chi connectivity index (χ0) is 24.3. The van der Waals surface area contributed by atoms with Crippen LogP contribution in [0.2, 0.25) is 0 Å². The van der Waals surface area contributed by atoms with Gasteiger partial charge in [0, 0.05) is 24.4 Å². The molecule has 1 aliphatic heterocycles. The van der Waals surface area contributed by atoms with E-state index < -0.39 is 35.3 Å². The van der Waals surface area contributed by atoms with E-state index in [1.165, 1.54) is 6.07 Å². The van der Waals surface area contributed by atoms with Gasteiger partial charge in [0.1, 0.15) is 11.4 Å². The molecule has 0 saturated heterocycles. The number of carbonyl (C=O) groups excluding carboxylic acids is 2. The standard InChI is InChI=1S/C24H31F2N3O4/c1-14(2)32-20(30)11-16-12-27-22-19(28-23(31)33-24(3,4)5)10-9-15(13-29(16)22)17-7-6-8-18(25)21(17)26/h6-8,12,14-15,19H,9-11,13H2,1-5H3,(H,28,31)/t15-,19-/m1/s1. The molecule has 1 amide bonds. The Kier molecular flexibility index (Phi) is 7.39. The molecule has 1 aliphatic rings. The molecule has 0 saturated carbocycles. The minimum Gasteiger partial charge on any atom is -0.463 e. The van der Waals surface area contributed by atoms with Crippen molar-refractivity contribution >= 4 is 12.1 Å². The van der Waals surface area contributed by atoms with Crippen LogP contribution in [0.4, 0.5) is 13.6 Å². The van der Waals surface area contributed by atoms with Crippen molar-refractivity contribution in [3.8, 4) is 0 Å². The molecule has 0 spiro atoms. The van der Waals surface area contributed by atoms with Crippen molar-refractivity contribution in [3.05, 3.63) is 53.1 Å². The highest BCUT2D eigenvalue weighted by molar-refractivity contribution is 5.72. The number of nitrogens with one attached hydrogen (secondary N) is 1. The predicted molar refractivity (Wildman–Crippen MR) is 118 cm³/mol. The lowest BCUT2D eigenvalue weighted by Gasteiger charge is -2.23. The summed E-state index contributed by atoms with van der Waals surface area (Å²) in [5.74, 6) is -2.05. The number of benzene rings is 1. The topological polar surface area (TPSA) is 82.5 Å². The number of nitrogens with zero attached hydrogens (tertiary/aromatic N) is 2. The van der Waals surface area contributed by atoms with E-state index in [0.29, 0.717) is 24.4 Å². The fraction of sp³-hybridized carbons (Fsp3) is 0.542. The highest BCUT2D eigenvalue weighted by Gasteiger charge is 2.32. The molecule has 1 N–H and O–H groups in total. The highest BCUT2D eigenvalue weighted by atomic mass is 19.2. The van der Waals surface area contributed by atoms with E-state index >= 15 is 0 Å². The van der Waals surface area contributed by atoms with Crippen LogP contribution in [0.3, 0.4) is 0 Å². The molecule has 2 heterocycles. The lowest BCUT2D eigenvalue weighted by atomic mass is 9.93. The maximum atomic E-state index is 14.6. The number of hydrogen-bond acceptors (Lipinski definition) is 5. The van der Waals surface area contributed by atoms with Gasteiger partial charge in [-0.3, -0.25) is 4.79 Å². The second-order valence-electron chi connectivity index (χ2n) is 9.55. The van der Waals surface area contributed by atoms with Crippen LogP contribution in [0.15, 0.2) is 24.4 Å². The number of imidazole rings is 1. The quantitative estimate of drug-likeness (QED) is 0.644. The summed E-state index contributed by atoms with van der Waals surface area (Å²) in [6, 6.07) is 3.60. The molecule has 180 valence electrons. The number of alkyl carbamates (subject to hydrolysis) is 1. The van der Waals surface area contributed by atoms with Crippen molar-refractivity contribution in [3.63, 3.8) is 0 Å². The van der Waals surface area contributed by atoms with Gasteiger partial charge in [-0.05, 0) is 59.1 Å². The van der Waals surface area contributed by atoms with Gasteiger partial charge in [0.2, 0.25) is 0 Å². The maximum absolute atomic E-state index is 14.6. The van der Waals surface area contributed by atoms with E-state index in [9.17, 15) is 18.4 Å². The Morgan fingerprint density at radius 3 is 2.64 bits per heavy atom. The van der Waals surface area contributed by atoms with E-state index in [4.69, 9.17) is 9.47 Å². The molecule has 0 bridgehead atoms. The Bertz CT molecular complexity index is 1010. The second-order valence-corrected chi connectivity index (χ2v) is 9.55. The normalized spacial score (nSPS) is 18.4. The van der Waals surface area contributed by atoms with Crippen LogP contribution in [0.5, 0.6) is 0 Å². The number of hydrogen-bond donors (Lipinski definition) is 1. The first kappa shape index (κ1) is 24.7. The molecule has 33 heavy (non-hydrogen) atoms. The smallest absolute Gasteiger partial charge is 0.408 e. The molecule has 1 aromatic carbocycles. The summed E-state index contributed by atoms with van der Waals surface area (Å²) >= 11 is 0. The summed E-state index contributed by atoms with van der Waals surface area (Å²) < 4.78 is 41.0. The van der Waals surface area contributed by atoms with Crippen LogP contribution in [-0.2, 0) is 27.2 Å². The van der Waals surface area contributed by atoms with Crippen LogP contribution >= 0.6 is 0 Å². The number of fused-ring (bicyclic) bond motifs is 1. The van der Waals surface area contributed by atoms with Gasteiger partial charge in [0.05, 0.1) is 18.6 Å². The summed E-state index contributed by atoms with van der Waals surface area (Å²) in [7, 11) is 0. The van der Waals surface area contributed by atoms with E-state index in [0.717, 1.165) is 6.07 Å². The number of rotatable bonds is 5. The van der Waals surface area contributed by atoms with Crippen molar-refractivity contribution in [2.24, 2.45) is 0 Å². The Morgan fingerprint density at radius 1 is 1.24 bits per heavy atom. The number of halogens is 2. The molecule has 0 unspecified atom stereocenters. The largest absolute Gasteiger partial charge is 0.463 e. The average molecular weight is 464 g/mol. The number of amides is 1. The third-order valence-corrected chi connectivity index (χ3v) is 5.29. The summed E-state index contributed by atoms with van der Waals surface area (Å²) in [6.07, 6.45) is 1.58. The minimum absolute atomic E-state index is 0.0251. The van der Waals surface area contributed by atoms with Gasteiger partial charge < -0.3 is 19.4 Å². The molecule has 0 aliphatic carbocycles. The van der Waals surface area contributed by atoms with Crippen molar-refractivity contribution in [1.82, 2.24) is 14.9 Å². The van der Waals surface area contributed by atoms with Gasteiger partial charge in [-0.1, -0.05) is 12.1 Å². The highest BCUT2D eigenvalue weighted by Crippen LogP contribution is 2.35. The summed E-state index contributed by atoms with van der Waals surface area (Å²) in [5.41, 5.74) is 0.155. The molecule has 0 radical (unpaired) electrons. The van der Waals surface area contributed by atoms with Crippen LogP contribution in [0.25, 0.3) is 0 Å². The Labute approximate surface area is 192 Å². The molecule has 7 nitrogen and oxygen atoms in total. The number of ether oxygens (including phenoxy) is 2. The van der Waals surface area contributed by atoms with E-state index in [1.807, 2.05) is 0 Å². The molecular weight excluding hydrogens is 432 g/mol. The van der Waals surface area contributed by atoms with Gasteiger partial charge in [-0.2, -0.15) is 0 Å². The monoisotopic (exact) mass is 463 g/mol. The first-order chi connectivity index (χ1) is 15.4.